The van der Waals surface area contributed by atoms with Gasteiger partial charge in [0.1, 0.15) is 0 Å². The van der Waals surface area contributed by atoms with Crippen molar-refractivity contribution in [3.63, 3.8) is 0 Å². The Morgan fingerprint density at radius 3 is 2.94 bits per heavy atom. The number of sulfonamides is 1. The van der Waals surface area contributed by atoms with E-state index >= 15 is 0 Å². The molecule has 2 heterocycles. The normalized spacial score (nSPS) is 22.1. The first-order valence-corrected chi connectivity index (χ1v) is 7.07. The molecule has 0 radical (unpaired) electrons. The highest BCUT2D eigenvalue weighted by molar-refractivity contribution is 7.89. The summed E-state index contributed by atoms with van der Waals surface area (Å²) in [6.07, 6.45) is 4.46. The van der Waals surface area contributed by atoms with Crippen LogP contribution in [0.3, 0.4) is 0 Å². The predicted octanol–water partition coefficient (Wildman–Crippen LogP) is -0.187. The van der Waals surface area contributed by atoms with Crippen molar-refractivity contribution in [2.75, 3.05) is 19.7 Å². The third-order valence-corrected chi connectivity index (χ3v) is 4.82. The summed E-state index contributed by atoms with van der Waals surface area (Å²) in [5, 5.41) is 8.95. The number of nitrogens with zero attached hydrogens (tertiary/aromatic N) is 3. The number of aliphatic hydroxyl groups is 1. The molecule has 96 valence electrons. The summed E-state index contributed by atoms with van der Waals surface area (Å²) in [6.45, 7) is 1.12. The van der Waals surface area contributed by atoms with Gasteiger partial charge in [-0.05, 0) is 18.8 Å². The lowest BCUT2D eigenvalue weighted by atomic mass is 10.1. The molecule has 17 heavy (non-hydrogen) atoms. The quantitative estimate of drug-likeness (QED) is 0.813. The highest BCUT2D eigenvalue weighted by Crippen LogP contribution is 2.24. The topological polar surface area (TPSA) is 75.4 Å². The molecule has 6 nitrogen and oxygen atoms in total. The Morgan fingerprint density at radius 2 is 2.35 bits per heavy atom. The number of rotatable bonds is 4. The highest BCUT2D eigenvalue weighted by Gasteiger charge is 2.33. The van der Waals surface area contributed by atoms with E-state index in [0.717, 1.165) is 6.42 Å². The van der Waals surface area contributed by atoms with E-state index in [4.69, 9.17) is 5.11 Å². The Hall–Kier alpha value is -0.920. The minimum Gasteiger partial charge on any atom is -0.396 e. The van der Waals surface area contributed by atoms with Gasteiger partial charge in [0.2, 0.25) is 0 Å². The van der Waals surface area contributed by atoms with Crippen molar-refractivity contribution in [3.8, 4) is 0 Å². The molecule has 0 bridgehead atoms. The van der Waals surface area contributed by atoms with Crippen LogP contribution in [0.2, 0.25) is 0 Å². The molecule has 7 heteroatoms. The first-order valence-electron chi connectivity index (χ1n) is 5.63. The Morgan fingerprint density at radius 1 is 1.59 bits per heavy atom. The van der Waals surface area contributed by atoms with Crippen LogP contribution in [0.5, 0.6) is 0 Å². The SMILES string of the molecule is Cn1cnc(S(=O)(=O)N2CCC(CCO)C2)c1. The lowest BCUT2D eigenvalue weighted by Crippen LogP contribution is -2.29. The van der Waals surface area contributed by atoms with Gasteiger partial charge < -0.3 is 9.67 Å². The smallest absolute Gasteiger partial charge is 0.262 e. The van der Waals surface area contributed by atoms with Crippen LogP contribution >= 0.6 is 0 Å². The molecule has 1 aromatic rings. The maximum Gasteiger partial charge on any atom is 0.262 e. The molecule has 0 amide bonds. The second kappa shape index (κ2) is 4.75. The van der Waals surface area contributed by atoms with Gasteiger partial charge in [0.25, 0.3) is 10.0 Å². The van der Waals surface area contributed by atoms with Gasteiger partial charge >= 0.3 is 0 Å². The van der Waals surface area contributed by atoms with Crippen molar-refractivity contribution < 1.29 is 13.5 Å². The summed E-state index contributed by atoms with van der Waals surface area (Å²) in [5.74, 6) is 0.262. The van der Waals surface area contributed by atoms with E-state index in [1.54, 1.807) is 11.6 Å². The molecule has 1 saturated heterocycles. The molecule has 0 spiro atoms. The van der Waals surface area contributed by atoms with Gasteiger partial charge in [-0.3, -0.25) is 0 Å². The summed E-state index contributed by atoms with van der Waals surface area (Å²) in [4.78, 5) is 3.89. The molecule has 0 aliphatic carbocycles. The highest BCUT2D eigenvalue weighted by atomic mass is 32.2. The first-order chi connectivity index (χ1) is 8.04. The zero-order valence-electron chi connectivity index (χ0n) is 9.78. The monoisotopic (exact) mass is 259 g/mol. The lowest BCUT2D eigenvalue weighted by molar-refractivity contribution is 0.259. The van der Waals surface area contributed by atoms with E-state index in [1.165, 1.54) is 16.8 Å². The maximum atomic E-state index is 12.2. The Bertz CT molecular complexity index is 483. The number of aryl methyl sites for hydroxylation is 1. The molecule has 1 aliphatic rings. The zero-order valence-corrected chi connectivity index (χ0v) is 10.6. The average Bonchev–Trinajstić information content (AvgIpc) is 2.88. The molecule has 1 atom stereocenters. The minimum absolute atomic E-state index is 0.102. The lowest BCUT2D eigenvalue weighted by Gasteiger charge is -2.14. The summed E-state index contributed by atoms with van der Waals surface area (Å²) < 4.78 is 27.4. The molecule has 1 fully saturated rings. The van der Waals surface area contributed by atoms with Crippen molar-refractivity contribution in [1.82, 2.24) is 13.9 Å². The van der Waals surface area contributed by atoms with E-state index in [2.05, 4.69) is 4.98 Å². The number of aromatic nitrogens is 2. The number of imidazole rings is 1. The fraction of sp³-hybridized carbons (Fsp3) is 0.700. The van der Waals surface area contributed by atoms with Crippen molar-refractivity contribution >= 4 is 10.0 Å². The second-order valence-corrected chi connectivity index (χ2v) is 6.29. The molecule has 1 N–H and O–H groups in total. The Kier molecular flexibility index (Phi) is 3.50. The molecular formula is C10H17N3O3S. The fourth-order valence-electron chi connectivity index (χ4n) is 2.09. The fourth-order valence-corrected chi connectivity index (χ4v) is 3.59. The van der Waals surface area contributed by atoms with E-state index in [-0.39, 0.29) is 17.6 Å². The van der Waals surface area contributed by atoms with Crippen LogP contribution in [-0.2, 0) is 17.1 Å². The van der Waals surface area contributed by atoms with Crippen LogP contribution in [0.1, 0.15) is 12.8 Å². The van der Waals surface area contributed by atoms with E-state index in [1.807, 2.05) is 0 Å². The number of aliphatic hydroxyl groups excluding tert-OH is 1. The summed E-state index contributed by atoms with van der Waals surface area (Å²) in [5.41, 5.74) is 0. The maximum absolute atomic E-state index is 12.2. The minimum atomic E-state index is -3.45. The van der Waals surface area contributed by atoms with Gasteiger partial charge in [-0.15, -0.1) is 0 Å². The van der Waals surface area contributed by atoms with Crippen LogP contribution in [-0.4, -0.2) is 47.1 Å². The number of hydrogen-bond acceptors (Lipinski definition) is 4. The Labute approximate surface area is 101 Å². The average molecular weight is 259 g/mol. The van der Waals surface area contributed by atoms with Gasteiger partial charge in [-0.2, -0.15) is 4.31 Å². The van der Waals surface area contributed by atoms with Crippen LogP contribution in [0, 0.1) is 5.92 Å². The van der Waals surface area contributed by atoms with Gasteiger partial charge in [-0.25, -0.2) is 13.4 Å². The summed E-state index contributed by atoms with van der Waals surface area (Å²) in [7, 11) is -1.71. The van der Waals surface area contributed by atoms with Gasteiger partial charge in [-0.1, -0.05) is 0 Å². The van der Waals surface area contributed by atoms with Crippen LogP contribution in [0.4, 0.5) is 0 Å². The predicted molar refractivity (Wildman–Crippen MR) is 61.8 cm³/mol. The third kappa shape index (κ3) is 2.51. The van der Waals surface area contributed by atoms with Crippen molar-refractivity contribution in [1.29, 1.82) is 0 Å². The molecule has 2 rings (SSSR count). The van der Waals surface area contributed by atoms with Crippen LogP contribution in [0.15, 0.2) is 17.6 Å². The summed E-state index contributed by atoms with van der Waals surface area (Å²) >= 11 is 0. The molecule has 0 saturated carbocycles. The van der Waals surface area contributed by atoms with Crippen molar-refractivity contribution in [3.05, 3.63) is 12.5 Å². The zero-order chi connectivity index (χ0) is 12.5. The molecular weight excluding hydrogens is 242 g/mol. The van der Waals surface area contributed by atoms with E-state index < -0.39 is 10.0 Å². The Balaban J connectivity index is 2.13. The first kappa shape index (κ1) is 12.5. The van der Waals surface area contributed by atoms with Crippen LogP contribution in [0.25, 0.3) is 0 Å². The van der Waals surface area contributed by atoms with Crippen molar-refractivity contribution in [2.45, 2.75) is 17.9 Å². The van der Waals surface area contributed by atoms with E-state index in [9.17, 15) is 8.42 Å². The standard InChI is InChI=1S/C10H17N3O3S/c1-12-7-10(11-8-12)17(15,16)13-4-2-9(6-13)3-5-14/h7-9,14H,2-6H2,1H3. The third-order valence-electron chi connectivity index (χ3n) is 3.07. The van der Waals surface area contributed by atoms with Crippen molar-refractivity contribution in [2.24, 2.45) is 13.0 Å². The summed E-state index contributed by atoms with van der Waals surface area (Å²) in [6, 6.07) is 0. The number of hydrogen-bond donors (Lipinski definition) is 1. The van der Waals surface area contributed by atoms with Gasteiger partial charge in [0, 0.05) is 32.9 Å². The van der Waals surface area contributed by atoms with Gasteiger partial charge in [0.05, 0.1) is 6.33 Å². The van der Waals surface area contributed by atoms with E-state index in [0.29, 0.717) is 19.5 Å². The molecule has 1 unspecified atom stereocenters. The largest absolute Gasteiger partial charge is 0.396 e. The molecule has 1 aromatic heterocycles. The molecule has 1 aliphatic heterocycles. The molecule has 0 aromatic carbocycles. The van der Waals surface area contributed by atoms with Crippen LogP contribution < -0.4 is 0 Å². The second-order valence-electron chi connectivity index (χ2n) is 4.41. The van der Waals surface area contributed by atoms with Gasteiger partial charge in [0.15, 0.2) is 5.03 Å².